The monoisotopic (exact) mass is 286 g/mol. The minimum absolute atomic E-state index is 0.799. The fourth-order valence-corrected chi connectivity index (χ4v) is 1.74. The lowest BCUT2D eigenvalue weighted by atomic mass is 10.2. The molecule has 0 unspecified atom stereocenters. The van der Waals surface area contributed by atoms with Crippen molar-refractivity contribution in [3.8, 4) is 0 Å². The predicted molar refractivity (Wildman–Crippen MR) is 48.5 cm³/mol. The van der Waals surface area contributed by atoms with E-state index in [2.05, 4.69) is 0 Å². The van der Waals surface area contributed by atoms with Gasteiger partial charge in [-0.3, -0.25) is 4.79 Å². The van der Waals surface area contributed by atoms with E-state index in [0.717, 1.165) is 6.92 Å². The highest BCUT2D eigenvalue weighted by Gasteiger charge is 2.29. The van der Waals surface area contributed by atoms with Gasteiger partial charge in [-0.1, -0.05) is 0 Å². The first kappa shape index (κ1) is 14.4. The average Bonchev–Trinajstić information content (AvgIpc) is 2.19. The Balaban J connectivity index is 3.72. The van der Waals surface area contributed by atoms with Crippen LogP contribution in [0.15, 0.2) is 4.90 Å². The summed E-state index contributed by atoms with van der Waals surface area (Å²) < 4.78 is 84.0. The summed E-state index contributed by atoms with van der Waals surface area (Å²) in [5, 5.41) is 1.44. The van der Waals surface area contributed by atoms with E-state index in [4.69, 9.17) is 0 Å². The van der Waals surface area contributed by atoms with Crippen molar-refractivity contribution in [1.29, 1.82) is 0 Å². The number of anilines is 1. The molecule has 0 saturated heterocycles. The Hall–Kier alpha value is -1.68. The Morgan fingerprint density at radius 1 is 1.06 bits per heavy atom. The van der Waals surface area contributed by atoms with Gasteiger partial charge in [-0.05, 0) is 0 Å². The minimum Gasteiger partial charge on any atom is -0.744 e. The van der Waals surface area contributed by atoms with Gasteiger partial charge in [-0.2, -0.15) is 0 Å². The molecule has 0 aliphatic rings. The molecule has 0 aliphatic carbocycles. The highest BCUT2D eigenvalue weighted by atomic mass is 32.2. The average molecular weight is 286 g/mol. The quantitative estimate of drug-likeness (QED) is 0.501. The summed E-state index contributed by atoms with van der Waals surface area (Å²) in [5.74, 6) is -10.2. The van der Waals surface area contributed by atoms with Crippen molar-refractivity contribution < 1.29 is 35.3 Å². The second kappa shape index (κ2) is 4.53. The lowest BCUT2D eigenvalue weighted by molar-refractivity contribution is -0.114. The van der Waals surface area contributed by atoms with E-state index in [-0.39, 0.29) is 0 Å². The van der Waals surface area contributed by atoms with Gasteiger partial charge in [0.1, 0.15) is 20.7 Å². The standard InChI is InChI=1S/C8H5F4NO4S/c1-2(14)13-7-3(9)5(11)8(18(15,16)17)6(12)4(7)10/h1H3,(H,13,14)(H,15,16,17)/p-1. The minimum atomic E-state index is -5.75. The molecule has 0 heterocycles. The molecule has 1 amide bonds. The number of hydrogen-bond donors (Lipinski definition) is 1. The van der Waals surface area contributed by atoms with E-state index in [9.17, 15) is 35.3 Å². The van der Waals surface area contributed by atoms with Gasteiger partial charge in [-0.25, -0.2) is 26.0 Å². The molecular formula is C8H4F4NO4S-. The lowest BCUT2D eigenvalue weighted by Crippen LogP contribution is -2.16. The van der Waals surface area contributed by atoms with E-state index < -0.39 is 49.9 Å². The van der Waals surface area contributed by atoms with E-state index in [1.54, 1.807) is 0 Å². The van der Waals surface area contributed by atoms with Crippen molar-refractivity contribution >= 4 is 21.7 Å². The molecule has 1 rings (SSSR count). The Labute approximate surface area is 98.2 Å². The van der Waals surface area contributed by atoms with Crippen LogP contribution in [0.3, 0.4) is 0 Å². The zero-order valence-corrected chi connectivity index (χ0v) is 9.37. The van der Waals surface area contributed by atoms with Crippen LogP contribution in [0.2, 0.25) is 0 Å². The molecule has 1 aromatic rings. The molecule has 0 fully saturated rings. The van der Waals surface area contributed by atoms with Crippen LogP contribution in [0, 0.1) is 23.3 Å². The van der Waals surface area contributed by atoms with Gasteiger partial charge < -0.3 is 9.87 Å². The maximum Gasteiger partial charge on any atom is 0.221 e. The van der Waals surface area contributed by atoms with Crippen LogP contribution in [0.4, 0.5) is 23.2 Å². The van der Waals surface area contributed by atoms with Crippen molar-refractivity contribution in [1.82, 2.24) is 0 Å². The number of benzene rings is 1. The third kappa shape index (κ3) is 2.43. The fraction of sp³-hybridized carbons (Fsp3) is 0.125. The SMILES string of the molecule is CC(=O)Nc1c(F)c(F)c(S(=O)(=O)[O-])c(F)c1F. The van der Waals surface area contributed by atoms with Crippen molar-refractivity contribution in [2.24, 2.45) is 0 Å². The Bertz CT molecular complexity index is 599. The second-order valence-electron chi connectivity index (χ2n) is 3.10. The Kier molecular flexibility index (Phi) is 3.62. The predicted octanol–water partition coefficient (Wildman–Crippen LogP) is 1.11. The normalized spacial score (nSPS) is 11.4. The Morgan fingerprint density at radius 2 is 1.44 bits per heavy atom. The molecule has 0 bridgehead atoms. The van der Waals surface area contributed by atoms with Crippen LogP contribution in [0.25, 0.3) is 0 Å². The van der Waals surface area contributed by atoms with Crippen molar-refractivity contribution in [3.05, 3.63) is 23.3 Å². The summed E-state index contributed by atoms with van der Waals surface area (Å²) in [5.41, 5.74) is -1.51. The number of halogens is 4. The van der Waals surface area contributed by atoms with Crippen molar-refractivity contribution in [2.45, 2.75) is 11.8 Å². The van der Waals surface area contributed by atoms with E-state index >= 15 is 0 Å². The summed E-state index contributed by atoms with van der Waals surface area (Å²) >= 11 is 0. The van der Waals surface area contributed by atoms with Gasteiger partial charge >= 0.3 is 0 Å². The smallest absolute Gasteiger partial charge is 0.221 e. The third-order valence-electron chi connectivity index (χ3n) is 1.77. The maximum absolute atomic E-state index is 13.2. The van der Waals surface area contributed by atoms with Crippen LogP contribution >= 0.6 is 0 Å². The zero-order valence-electron chi connectivity index (χ0n) is 8.55. The van der Waals surface area contributed by atoms with Gasteiger partial charge in [0.2, 0.25) is 5.91 Å². The highest BCUT2D eigenvalue weighted by Crippen LogP contribution is 2.30. The first-order chi connectivity index (χ1) is 8.07. The topological polar surface area (TPSA) is 86.3 Å². The molecular weight excluding hydrogens is 282 g/mol. The summed E-state index contributed by atoms with van der Waals surface area (Å²) in [7, 11) is -5.75. The molecule has 0 atom stereocenters. The summed E-state index contributed by atoms with van der Waals surface area (Å²) in [6.45, 7) is 0.799. The number of carbonyl (C=O) groups excluding carboxylic acids is 1. The van der Waals surface area contributed by atoms with Crippen molar-refractivity contribution in [3.63, 3.8) is 0 Å². The highest BCUT2D eigenvalue weighted by molar-refractivity contribution is 7.85. The number of nitrogens with one attached hydrogen (secondary N) is 1. The molecule has 0 saturated carbocycles. The van der Waals surface area contributed by atoms with Gasteiger partial charge in [0, 0.05) is 6.92 Å². The van der Waals surface area contributed by atoms with E-state index in [1.807, 2.05) is 0 Å². The fourth-order valence-electron chi connectivity index (χ4n) is 1.12. The van der Waals surface area contributed by atoms with Gasteiger partial charge in [0.05, 0.1) is 0 Å². The summed E-state index contributed by atoms with van der Waals surface area (Å²) in [6, 6.07) is 0. The summed E-state index contributed by atoms with van der Waals surface area (Å²) in [4.78, 5) is 8.28. The van der Waals surface area contributed by atoms with Crippen LogP contribution < -0.4 is 5.32 Å². The summed E-state index contributed by atoms with van der Waals surface area (Å²) in [6.07, 6.45) is 0. The first-order valence-electron chi connectivity index (χ1n) is 4.16. The molecule has 5 nitrogen and oxygen atoms in total. The number of carbonyl (C=O) groups is 1. The largest absolute Gasteiger partial charge is 0.744 e. The molecule has 1 aromatic carbocycles. The number of rotatable bonds is 2. The lowest BCUT2D eigenvalue weighted by Gasteiger charge is -2.13. The Morgan fingerprint density at radius 3 is 1.72 bits per heavy atom. The van der Waals surface area contributed by atoms with Gasteiger partial charge in [0.25, 0.3) is 0 Å². The molecule has 0 aliphatic heterocycles. The van der Waals surface area contributed by atoms with Gasteiger partial charge in [0.15, 0.2) is 23.3 Å². The molecule has 0 radical (unpaired) electrons. The molecule has 18 heavy (non-hydrogen) atoms. The molecule has 100 valence electrons. The van der Waals surface area contributed by atoms with E-state index in [1.165, 1.54) is 5.32 Å². The maximum atomic E-state index is 13.2. The van der Waals surface area contributed by atoms with Crippen LogP contribution in [0.5, 0.6) is 0 Å². The molecule has 0 spiro atoms. The van der Waals surface area contributed by atoms with Crippen LogP contribution in [0.1, 0.15) is 6.92 Å². The van der Waals surface area contributed by atoms with Crippen LogP contribution in [-0.4, -0.2) is 18.9 Å². The van der Waals surface area contributed by atoms with Crippen molar-refractivity contribution in [2.75, 3.05) is 5.32 Å². The first-order valence-corrected chi connectivity index (χ1v) is 5.57. The molecule has 10 heteroatoms. The zero-order chi connectivity index (χ0) is 14.2. The molecule has 1 N–H and O–H groups in total. The van der Waals surface area contributed by atoms with Crippen LogP contribution in [-0.2, 0) is 14.9 Å². The number of amides is 1. The number of hydrogen-bond acceptors (Lipinski definition) is 4. The second-order valence-corrected chi connectivity index (χ2v) is 4.41. The van der Waals surface area contributed by atoms with E-state index in [0.29, 0.717) is 0 Å². The molecule has 0 aromatic heterocycles. The van der Waals surface area contributed by atoms with Gasteiger partial charge in [-0.15, -0.1) is 0 Å². The third-order valence-corrected chi connectivity index (χ3v) is 2.63.